The maximum Gasteiger partial charge on any atom is 0.385 e. The molecule has 2 aromatic carbocycles. The predicted molar refractivity (Wildman–Crippen MR) is 76.2 cm³/mol. The van der Waals surface area contributed by atoms with Crippen molar-refractivity contribution < 1.29 is 27.7 Å². The van der Waals surface area contributed by atoms with Crippen molar-refractivity contribution in [3.63, 3.8) is 0 Å². The van der Waals surface area contributed by atoms with Gasteiger partial charge in [-0.1, -0.05) is 0 Å². The zero-order valence-electron chi connectivity index (χ0n) is 11.3. The average molecular weight is 338 g/mol. The molecule has 23 heavy (non-hydrogen) atoms. The second kappa shape index (κ2) is 9.64. The largest absolute Gasteiger partial charge is 0.759 e. The van der Waals surface area contributed by atoms with Gasteiger partial charge in [0.05, 0.1) is 0 Å². The van der Waals surface area contributed by atoms with Crippen LogP contribution in [0, 0.1) is 10.8 Å². The van der Waals surface area contributed by atoms with E-state index in [0.717, 1.165) is 0 Å². The van der Waals surface area contributed by atoms with Crippen LogP contribution in [0.3, 0.4) is 0 Å². The van der Waals surface area contributed by atoms with Gasteiger partial charge in [-0.2, -0.15) is 0 Å². The van der Waals surface area contributed by atoms with E-state index < -0.39 is 10.4 Å². The highest BCUT2D eigenvalue weighted by atomic mass is 32.3. The highest BCUT2D eigenvalue weighted by Crippen LogP contribution is 2.16. The Bertz CT molecular complexity index is 728. The van der Waals surface area contributed by atoms with Gasteiger partial charge in [-0.25, -0.2) is 0 Å². The third kappa shape index (κ3) is 12.2. The molecule has 0 unspecified atom stereocenters. The maximum absolute atomic E-state index is 8.73. The Hall–Kier alpha value is -3.25. The number of diazo groups is 2. The highest BCUT2D eigenvalue weighted by molar-refractivity contribution is 7.79. The van der Waals surface area contributed by atoms with Crippen LogP contribution in [0.4, 0.5) is 11.4 Å². The van der Waals surface area contributed by atoms with Crippen molar-refractivity contribution in [1.82, 2.24) is 0 Å². The van der Waals surface area contributed by atoms with Crippen LogP contribution in [0.5, 0.6) is 11.5 Å². The summed E-state index contributed by atoms with van der Waals surface area (Å²) < 4.78 is 34.1. The summed E-state index contributed by atoms with van der Waals surface area (Å²) >= 11 is 0. The summed E-state index contributed by atoms with van der Waals surface area (Å²) in [4.78, 5) is 5.80. The molecule has 0 aliphatic rings. The third-order valence-electron chi connectivity index (χ3n) is 1.93. The van der Waals surface area contributed by atoms with Crippen molar-refractivity contribution in [2.24, 2.45) is 0 Å². The molecule has 0 saturated carbocycles. The second-order valence-corrected chi connectivity index (χ2v) is 4.46. The van der Waals surface area contributed by atoms with Gasteiger partial charge in [0.25, 0.3) is 0 Å². The molecule has 0 saturated heterocycles. The first kappa shape index (κ1) is 19.8. The Balaban J connectivity index is 0.000000332. The number of hydrogen-bond donors (Lipinski definition) is 2. The fraction of sp³-hybridized carbons (Fsp3) is 0. The first-order valence-electron chi connectivity index (χ1n) is 5.60. The quantitative estimate of drug-likeness (QED) is 0.417. The van der Waals surface area contributed by atoms with Gasteiger partial charge in [0.15, 0.2) is 9.95 Å². The van der Waals surface area contributed by atoms with Crippen LogP contribution in [0.25, 0.3) is 9.95 Å². The van der Waals surface area contributed by atoms with E-state index in [1.54, 1.807) is 0 Å². The van der Waals surface area contributed by atoms with E-state index in [-0.39, 0.29) is 11.5 Å². The number of nitrogens with zero attached hydrogens (tertiary/aromatic N) is 4. The van der Waals surface area contributed by atoms with Crippen LogP contribution in [-0.4, -0.2) is 27.7 Å². The first-order chi connectivity index (χ1) is 10.7. The topological polar surface area (TPSA) is 177 Å². The van der Waals surface area contributed by atoms with Gasteiger partial charge < -0.3 is 19.3 Å². The molecule has 10 nitrogen and oxygen atoms in total. The van der Waals surface area contributed by atoms with Gasteiger partial charge in [-0.3, -0.25) is 8.42 Å². The van der Waals surface area contributed by atoms with Crippen molar-refractivity contribution in [3.05, 3.63) is 58.5 Å². The van der Waals surface area contributed by atoms with Crippen LogP contribution in [0.1, 0.15) is 0 Å². The summed E-state index contributed by atoms with van der Waals surface area (Å²) in [5, 5.41) is 33.8. The van der Waals surface area contributed by atoms with Gasteiger partial charge in [0, 0.05) is 34.7 Å². The monoisotopic (exact) mass is 338 g/mol. The molecule has 0 heterocycles. The van der Waals surface area contributed by atoms with E-state index >= 15 is 0 Å². The summed E-state index contributed by atoms with van der Waals surface area (Å²) in [6.07, 6.45) is 0. The number of phenolic OH excluding ortho intramolecular Hbond substituents is 2. The Morgan fingerprint density at radius 3 is 1.13 bits per heavy atom. The summed E-state index contributed by atoms with van der Waals surface area (Å²) in [6.45, 7) is 0. The average Bonchev–Trinajstić information content (AvgIpc) is 2.48. The zero-order valence-corrected chi connectivity index (χ0v) is 12.2. The highest BCUT2D eigenvalue weighted by Gasteiger charge is 2.00. The third-order valence-corrected chi connectivity index (χ3v) is 1.93. The lowest BCUT2D eigenvalue weighted by Crippen LogP contribution is -1.91. The van der Waals surface area contributed by atoms with Crippen molar-refractivity contribution in [3.8, 4) is 11.5 Å². The Labute approximate surface area is 131 Å². The maximum atomic E-state index is 8.73. The summed E-state index contributed by atoms with van der Waals surface area (Å²) in [5.41, 5.74) is 0.876. The van der Waals surface area contributed by atoms with Crippen LogP contribution < -0.4 is 0 Å². The smallest absolute Gasteiger partial charge is 0.385 e. The molecule has 0 aliphatic heterocycles. The molecule has 2 aromatic rings. The molecule has 0 aliphatic carbocycles. The first-order valence-corrected chi connectivity index (χ1v) is 6.94. The SMILES string of the molecule is N#[N+]c1ccc(O)cc1.N#[N+]c1ccc(O)cc1.O=S(=O)([O-])[O-]. The lowest BCUT2D eigenvalue weighted by molar-refractivity contribution is 0.352. The molecule has 120 valence electrons. The number of phenols is 2. The lowest BCUT2D eigenvalue weighted by atomic mass is 10.3. The van der Waals surface area contributed by atoms with E-state index in [9.17, 15) is 0 Å². The number of rotatable bonds is 0. The van der Waals surface area contributed by atoms with Gasteiger partial charge in [0.2, 0.25) is 10.8 Å². The van der Waals surface area contributed by atoms with Crippen LogP contribution >= 0.6 is 0 Å². The number of aromatic hydroxyl groups is 2. The van der Waals surface area contributed by atoms with Gasteiger partial charge in [0.1, 0.15) is 11.5 Å². The van der Waals surface area contributed by atoms with Gasteiger partial charge >= 0.3 is 11.4 Å². The number of benzene rings is 2. The van der Waals surface area contributed by atoms with Crippen molar-refractivity contribution in [2.75, 3.05) is 0 Å². The molecule has 2 rings (SSSR count). The summed E-state index contributed by atoms with van der Waals surface area (Å²) in [7, 11) is -5.17. The van der Waals surface area contributed by atoms with E-state index in [1.165, 1.54) is 48.5 Å². The fourth-order valence-electron chi connectivity index (χ4n) is 1.04. The zero-order chi connectivity index (χ0) is 17.9. The molecule has 0 aromatic heterocycles. The molecule has 0 spiro atoms. The molecule has 0 bridgehead atoms. The minimum atomic E-state index is -5.17. The van der Waals surface area contributed by atoms with Gasteiger partial charge in [-0.15, -0.1) is 0 Å². The summed E-state index contributed by atoms with van der Waals surface area (Å²) in [6, 6.07) is 11.9. The van der Waals surface area contributed by atoms with Crippen LogP contribution in [-0.2, 0) is 10.4 Å². The molecule has 0 fully saturated rings. The lowest BCUT2D eigenvalue weighted by Gasteiger charge is -2.06. The molecule has 2 N–H and O–H groups in total. The molecule has 0 amide bonds. The predicted octanol–water partition coefficient (Wildman–Crippen LogP) is 2.42. The van der Waals surface area contributed by atoms with Crippen molar-refractivity contribution >= 4 is 21.8 Å². The Morgan fingerprint density at radius 1 is 0.739 bits per heavy atom. The standard InChI is InChI=1S/2C6H4N2O.H2O4S/c2*7-8-5-1-3-6(9)4-2-5;1-5(2,3)4/h2*1-4H;(H2,1,2,3,4). The van der Waals surface area contributed by atoms with E-state index in [2.05, 4.69) is 9.95 Å². The van der Waals surface area contributed by atoms with Crippen molar-refractivity contribution in [2.45, 2.75) is 0 Å². The van der Waals surface area contributed by atoms with Gasteiger partial charge in [-0.05, 0) is 24.3 Å². The van der Waals surface area contributed by atoms with Crippen LogP contribution in [0.2, 0.25) is 0 Å². The van der Waals surface area contributed by atoms with E-state index in [4.69, 9.17) is 38.5 Å². The molecule has 0 atom stereocenters. The van der Waals surface area contributed by atoms with Crippen molar-refractivity contribution in [1.29, 1.82) is 10.8 Å². The molecule has 0 radical (unpaired) electrons. The summed E-state index contributed by atoms with van der Waals surface area (Å²) in [5.74, 6) is 0.338. The van der Waals surface area contributed by atoms with E-state index in [1.807, 2.05) is 0 Å². The van der Waals surface area contributed by atoms with Crippen LogP contribution in [0.15, 0.2) is 48.5 Å². The Morgan fingerprint density at radius 2 is 0.957 bits per heavy atom. The fourth-order valence-corrected chi connectivity index (χ4v) is 1.04. The molecular weight excluding hydrogens is 328 g/mol. The normalized spacial score (nSPS) is 9.04. The number of hydrogen-bond acceptors (Lipinski definition) is 8. The Kier molecular flexibility index (Phi) is 8.28. The van der Waals surface area contributed by atoms with E-state index in [0.29, 0.717) is 11.4 Å². The minimum Gasteiger partial charge on any atom is -0.759 e. The second-order valence-electron chi connectivity index (χ2n) is 3.64. The minimum absolute atomic E-state index is 0.169. The molecular formula is C12H10N4O6S. The molecule has 11 heteroatoms.